The van der Waals surface area contributed by atoms with Crippen LogP contribution in [0, 0.1) is 12.7 Å². The Kier molecular flexibility index (Phi) is 4.15. The van der Waals surface area contributed by atoms with Crippen molar-refractivity contribution >= 4 is 17.3 Å². The zero-order chi connectivity index (χ0) is 14.8. The van der Waals surface area contributed by atoms with Crippen molar-refractivity contribution in [3.8, 4) is 0 Å². The van der Waals surface area contributed by atoms with Gasteiger partial charge in [0.05, 0.1) is 10.7 Å². The molecule has 106 valence electrons. The number of aliphatic carboxylic acids is 1. The summed E-state index contributed by atoms with van der Waals surface area (Å²) >= 11 is 1.46. The molecule has 20 heavy (non-hydrogen) atoms. The first-order valence-electron chi connectivity index (χ1n) is 6.08. The van der Waals surface area contributed by atoms with E-state index in [0.717, 1.165) is 5.01 Å². The van der Waals surface area contributed by atoms with Crippen molar-refractivity contribution in [1.29, 1.82) is 0 Å². The number of hydrogen-bond donors (Lipinski definition) is 2. The third-order valence-electron chi connectivity index (χ3n) is 3.30. The smallest absolute Gasteiger partial charge is 0.315 e. The van der Waals surface area contributed by atoms with Crippen molar-refractivity contribution in [1.82, 2.24) is 4.98 Å². The number of nitrogens with zero attached hydrogens (tertiary/aromatic N) is 1. The van der Waals surface area contributed by atoms with E-state index in [-0.39, 0.29) is 13.0 Å². The number of rotatable bonds is 5. The lowest BCUT2D eigenvalue weighted by molar-refractivity contribution is -0.143. The summed E-state index contributed by atoms with van der Waals surface area (Å²) in [6.45, 7) is 1.78. The van der Waals surface area contributed by atoms with Gasteiger partial charge in [-0.05, 0) is 24.6 Å². The first-order chi connectivity index (χ1) is 9.48. The Morgan fingerprint density at radius 1 is 1.45 bits per heavy atom. The van der Waals surface area contributed by atoms with Gasteiger partial charge in [-0.1, -0.05) is 12.1 Å². The lowest BCUT2D eigenvalue weighted by Crippen LogP contribution is -2.45. The summed E-state index contributed by atoms with van der Waals surface area (Å²) < 4.78 is 13.0. The van der Waals surface area contributed by atoms with Gasteiger partial charge in [-0.3, -0.25) is 4.79 Å². The van der Waals surface area contributed by atoms with Gasteiger partial charge in [-0.15, -0.1) is 11.3 Å². The van der Waals surface area contributed by atoms with Gasteiger partial charge >= 0.3 is 5.97 Å². The van der Waals surface area contributed by atoms with Crippen LogP contribution in [-0.4, -0.2) is 22.6 Å². The lowest BCUT2D eigenvalue weighted by atomic mass is 9.77. The van der Waals surface area contributed by atoms with Crippen molar-refractivity contribution in [2.45, 2.75) is 18.8 Å². The molecule has 0 fully saturated rings. The van der Waals surface area contributed by atoms with Gasteiger partial charge < -0.3 is 10.8 Å². The fourth-order valence-electron chi connectivity index (χ4n) is 2.15. The summed E-state index contributed by atoms with van der Waals surface area (Å²) in [4.78, 5) is 16.0. The van der Waals surface area contributed by atoms with E-state index in [1.54, 1.807) is 0 Å². The third kappa shape index (κ3) is 2.71. The highest BCUT2D eigenvalue weighted by molar-refractivity contribution is 7.09. The minimum absolute atomic E-state index is 0.0788. The molecule has 1 unspecified atom stereocenters. The number of thiazole rings is 1. The van der Waals surface area contributed by atoms with Gasteiger partial charge in [0, 0.05) is 18.3 Å². The number of carboxylic acids is 1. The summed E-state index contributed by atoms with van der Waals surface area (Å²) in [5.41, 5.74) is 5.62. The molecule has 0 amide bonds. The van der Waals surface area contributed by atoms with Crippen molar-refractivity contribution < 1.29 is 14.3 Å². The van der Waals surface area contributed by atoms with Gasteiger partial charge in [0.1, 0.15) is 11.2 Å². The topological polar surface area (TPSA) is 76.2 Å². The maximum atomic E-state index is 13.0. The molecule has 0 aliphatic rings. The zero-order valence-corrected chi connectivity index (χ0v) is 11.8. The summed E-state index contributed by atoms with van der Waals surface area (Å²) in [6, 6.07) is 5.43. The molecule has 1 atom stereocenters. The summed E-state index contributed by atoms with van der Waals surface area (Å²) in [7, 11) is 0. The molecule has 0 saturated heterocycles. The Morgan fingerprint density at radius 2 is 2.10 bits per heavy atom. The van der Waals surface area contributed by atoms with E-state index < -0.39 is 17.2 Å². The van der Waals surface area contributed by atoms with E-state index in [9.17, 15) is 14.3 Å². The Morgan fingerprint density at radius 3 is 2.55 bits per heavy atom. The number of carboxylic acid groups (broad SMARTS) is 1. The molecule has 4 nitrogen and oxygen atoms in total. The molecule has 0 aliphatic carbocycles. The van der Waals surface area contributed by atoms with Gasteiger partial charge in [0.2, 0.25) is 0 Å². The SMILES string of the molecule is Cc1nc(CC(CN)(C(=O)O)c2ccc(F)cc2)cs1. The largest absolute Gasteiger partial charge is 0.481 e. The molecule has 0 spiro atoms. The van der Waals surface area contributed by atoms with Crippen molar-refractivity contribution in [2.75, 3.05) is 6.54 Å². The Hall–Kier alpha value is -1.79. The van der Waals surface area contributed by atoms with E-state index in [0.29, 0.717) is 11.3 Å². The van der Waals surface area contributed by atoms with Crippen molar-refractivity contribution in [3.05, 3.63) is 51.7 Å². The minimum atomic E-state index is -1.28. The van der Waals surface area contributed by atoms with E-state index in [1.807, 2.05) is 12.3 Å². The Balaban J connectivity index is 2.44. The first kappa shape index (κ1) is 14.6. The second-order valence-corrected chi connectivity index (χ2v) is 5.70. The highest BCUT2D eigenvalue weighted by Gasteiger charge is 2.40. The van der Waals surface area contributed by atoms with Crippen LogP contribution in [0.3, 0.4) is 0 Å². The quantitative estimate of drug-likeness (QED) is 0.885. The molecule has 6 heteroatoms. The predicted octanol–water partition coefficient (Wildman–Crippen LogP) is 2.11. The monoisotopic (exact) mass is 294 g/mol. The Labute approximate surface area is 120 Å². The second kappa shape index (κ2) is 5.68. The molecule has 1 aromatic carbocycles. The number of halogens is 1. The summed E-state index contributed by atoms with van der Waals surface area (Å²) in [6.07, 6.45) is 0.189. The van der Waals surface area contributed by atoms with Crippen LogP contribution in [0.5, 0.6) is 0 Å². The molecule has 1 heterocycles. The average Bonchev–Trinajstić information content (AvgIpc) is 2.82. The van der Waals surface area contributed by atoms with Crippen LogP contribution in [0.2, 0.25) is 0 Å². The highest BCUT2D eigenvalue weighted by atomic mass is 32.1. The van der Waals surface area contributed by atoms with E-state index in [4.69, 9.17) is 5.73 Å². The maximum absolute atomic E-state index is 13.0. The van der Waals surface area contributed by atoms with Crippen LogP contribution in [0.25, 0.3) is 0 Å². The number of aromatic nitrogens is 1. The highest BCUT2D eigenvalue weighted by Crippen LogP contribution is 2.29. The maximum Gasteiger partial charge on any atom is 0.315 e. The molecule has 0 bridgehead atoms. The van der Waals surface area contributed by atoms with Gasteiger partial charge in [0.25, 0.3) is 0 Å². The number of carbonyl (C=O) groups is 1. The Bertz CT molecular complexity index is 612. The summed E-state index contributed by atoms with van der Waals surface area (Å²) in [5.74, 6) is -1.44. The molecule has 3 N–H and O–H groups in total. The van der Waals surface area contributed by atoms with Crippen LogP contribution in [0.4, 0.5) is 4.39 Å². The summed E-state index contributed by atoms with van der Waals surface area (Å²) in [5, 5.41) is 12.3. The predicted molar refractivity (Wildman–Crippen MR) is 75.3 cm³/mol. The third-order valence-corrected chi connectivity index (χ3v) is 4.13. The fourth-order valence-corrected chi connectivity index (χ4v) is 2.76. The molecule has 1 aromatic heterocycles. The van der Waals surface area contributed by atoms with E-state index >= 15 is 0 Å². The molecule has 2 aromatic rings. The number of nitrogens with two attached hydrogens (primary N) is 1. The van der Waals surface area contributed by atoms with Crippen LogP contribution in [0.15, 0.2) is 29.6 Å². The first-order valence-corrected chi connectivity index (χ1v) is 6.96. The molecular formula is C14H15FN2O2S. The fraction of sp³-hybridized carbons (Fsp3) is 0.286. The van der Waals surface area contributed by atoms with Crippen LogP contribution in [0.1, 0.15) is 16.3 Å². The van der Waals surface area contributed by atoms with Crippen molar-refractivity contribution in [3.63, 3.8) is 0 Å². The van der Waals surface area contributed by atoms with Crippen LogP contribution < -0.4 is 5.73 Å². The van der Waals surface area contributed by atoms with Crippen molar-refractivity contribution in [2.24, 2.45) is 5.73 Å². The molecule has 2 rings (SSSR count). The van der Waals surface area contributed by atoms with Crippen LogP contribution in [-0.2, 0) is 16.6 Å². The van der Waals surface area contributed by atoms with E-state index in [1.165, 1.54) is 35.6 Å². The number of benzene rings is 1. The molecule has 0 aliphatic heterocycles. The second-order valence-electron chi connectivity index (χ2n) is 4.63. The number of hydrogen-bond acceptors (Lipinski definition) is 4. The van der Waals surface area contributed by atoms with Gasteiger partial charge in [0.15, 0.2) is 0 Å². The molecular weight excluding hydrogens is 279 g/mol. The average molecular weight is 294 g/mol. The standard InChI is InChI=1S/C14H15FN2O2S/c1-9-17-12(7-20-9)6-14(8-16,13(18)19)10-2-4-11(15)5-3-10/h2-5,7H,6,8,16H2,1H3,(H,18,19). The van der Waals surface area contributed by atoms with Crippen LogP contribution >= 0.6 is 11.3 Å². The van der Waals surface area contributed by atoms with E-state index in [2.05, 4.69) is 4.98 Å². The molecule has 0 radical (unpaired) electrons. The zero-order valence-electron chi connectivity index (χ0n) is 11.0. The lowest BCUT2D eigenvalue weighted by Gasteiger charge is -2.27. The number of aryl methyl sites for hydroxylation is 1. The molecule has 0 saturated carbocycles. The van der Waals surface area contributed by atoms with Gasteiger partial charge in [-0.2, -0.15) is 0 Å². The normalized spacial score (nSPS) is 13.9. The van der Waals surface area contributed by atoms with Gasteiger partial charge in [-0.25, -0.2) is 9.37 Å². The minimum Gasteiger partial charge on any atom is -0.481 e.